The highest BCUT2D eigenvalue weighted by Gasteiger charge is 2.22. The highest BCUT2D eigenvalue weighted by Crippen LogP contribution is 2.28. The Morgan fingerprint density at radius 1 is 1.39 bits per heavy atom. The molecule has 0 saturated heterocycles. The molecule has 0 saturated carbocycles. The van der Waals surface area contributed by atoms with Gasteiger partial charge in [-0.05, 0) is 13.8 Å². The van der Waals surface area contributed by atoms with Gasteiger partial charge < -0.3 is 4.90 Å². The largest absolute Gasteiger partial charge is 0.340 e. The van der Waals surface area contributed by atoms with E-state index < -0.39 is 12.1 Å². The Morgan fingerprint density at radius 2 is 2.04 bits per heavy atom. The number of aryl methyl sites for hydroxylation is 1. The minimum atomic E-state index is -2.77. The zero-order chi connectivity index (χ0) is 17.3. The lowest BCUT2D eigenvalue weighted by molar-refractivity contribution is -0.131. The number of hydrogen-bond donors (Lipinski definition) is 0. The summed E-state index contributed by atoms with van der Waals surface area (Å²) in [5, 5.41) is 7.75. The molecule has 0 unspecified atom stereocenters. The van der Waals surface area contributed by atoms with Gasteiger partial charge in [0, 0.05) is 31.9 Å². The van der Waals surface area contributed by atoms with E-state index in [0.29, 0.717) is 12.2 Å². The first-order chi connectivity index (χ1) is 10.7. The van der Waals surface area contributed by atoms with Crippen LogP contribution in [0.5, 0.6) is 0 Å². The zero-order valence-corrected chi connectivity index (χ0v) is 14.1. The van der Waals surface area contributed by atoms with E-state index in [0.717, 1.165) is 11.3 Å². The Hall–Kier alpha value is -1.96. The molecule has 0 N–H and O–H groups in total. The number of alkyl halides is 2. The lowest BCUT2D eigenvalue weighted by Crippen LogP contribution is -2.30. The lowest BCUT2D eigenvalue weighted by Gasteiger charge is -2.17. The van der Waals surface area contributed by atoms with Crippen molar-refractivity contribution in [2.24, 2.45) is 7.05 Å². The summed E-state index contributed by atoms with van der Waals surface area (Å²) in [5.74, 6) is -0.253. The fraction of sp³-hybridized carbons (Fsp3) is 0.500. The highest BCUT2D eigenvalue weighted by molar-refractivity contribution is 6.31. The molecule has 1 amide bonds. The maximum Gasteiger partial charge on any atom is 0.283 e. The molecule has 23 heavy (non-hydrogen) atoms. The average molecular weight is 346 g/mol. The van der Waals surface area contributed by atoms with Gasteiger partial charge in [0.2, 0.25) is 5.91 Å². The summed E-state index contributed by atoms with van der Waals surface area (Å²) in [5.41, 5.74) is 1.73. The van der Waals surface area contributed by atoms with Crippen molar-refractivity contribution < 1.29 is 13.6 Å². The number of likely N-dealkylation sites (N-methyl/N-ethyl adjacent to an activating group) is 1. The average Bonchev–Trinajstić information content (AvgIpc) is 2.95. The van der Waals surface area contributed by atoms with Gasteiger partial charge in [0.15, 0.2) is 0 Å². The fourth-order valence-electron chi connectivity index (χ4n) is 2.13. The minimum absolute atomic E-state index is 0.0986. The summed E-state index contributed by atoms with van der Waals surface area (Å²) in [6.45, 7) is 3.70. The summed E-state index contributed by atoms with van der Waals surface area (Å²) >= 11 is 5.83. The Labute approximate surface area is 137 Å². The van der Waals surface area contributed by atoms with Crippen molar-refractivity contribution >= 4 is 17.5 Å². The molecule has 126 valence electrons. The molecule has 0 radical (unpaired) electrons. The zero-order valence-electron chi connectivity index (χ0n) is 13.3. The molecule has 0 aromatic carbocycles. The van der Waals surface area contributed by atoms with Crippen LogP contribution < -0.4 is 0 Å². The fourth-order valence-corrected chi connectivity index (χ4v) is 2.35. The van der Waals surface area contributed by atoms with Gasteiger partial charge in [0.25, 0.3) is 6.43 Å². The molecule has 2 rings (SSSR count). The van der Waals surface area contributed by atoms with Gasteiger partial charge in [-0.1, -0.05) is 11.6 Å². The normalized spacial score (nSPS) is 11.3. The number of amides is 1. The smallest absolute Gasteiger partial charge is 0.283 e. The Balaban J connectivity index is 2.10. The van der Waals surface area contributed by atoms with Crippen LogP contribution in [0.4, 0.5) is 8.78 Å². The van der Waals surface area contributed by atoms with Gasteiger partial charge in [0.1, 0.15) is 12.2 Å². The van der Waals surface area contributed by atoms with E-state index in [1.54, 1.807) is 24.9 Å². The van der Waals surface area contributed by atoms with Crippen LogP contribution >= 0.6 is 11.6 Å². The Kier molecular flexibility index (Phi) is 5.03. The number of hydrogen-bond acceptors (Lipinski definition) is 3. The summed E-state index contributed by atoms with van der Waals surface area (Å²) in [6, 6.07) is 0. The molecule has 0 atom stereocenters. The van der Waals surface area contributed by atoms with E-state index in [9.17, 15) is 13.6 Å². The summed E-state index contributed by atoms with van der Waals surface area (Å²) < 4.78 is 28.5. The molecule has 9 heteroatoms. The van der Waals surface area contributed by atoms with Crippen molar-refractivity contribution in [3.05, 3.63) is 33.9 Å². The van der Waals surface area contributed by atoms with Crippen molar-refractivity contribution in [1.29, 1.82) is 0 Å². The molecule has 0 bridgehead atoms. The molecule has 2 heterocycles. The molecular formula is C14H18ClF2N5O. The molecule has 0 aliphatic carbocycles. The molecule has 0 fully saturated rings. The van der Waals surface area contributed by atoms with Crippen LogP contribution in [0.3, 0.4) is 0 Å². The summed E-state index contributed by atoms with van der Waals surface area (Å²) in [7, 11) is 3.46. The van der Waals surface area contributed by atoms with Gasteiger partial charge in [-0.2, -0.15) is 10.2 Å². The van der Waals surface area contributed by atoms with E-state index in [1.807, 2.05) is 14.0 Å². The van der Waals surface area contributed by atoms with Crippen LogP contribution in [0.1, 0.15) is 29.1 Å². The lowest BCUT2D eigenvalue weighted by atomic mass is 10.2. The Bertz CT molecular complexity index is 725. The maximum absolute atomic E-state index is 12.8. The second-order valence-corrected chi connectivity index (χ2v) is 5.75. The quantitative estimate of drug-likeness (QED) is 0.836. The maximum atomic E-state index is 12.8. The first kappa shape index (κ1) is 17.4. The SMILES string of the molecule is Cc1c(CN(C)C(=O)Cn2nc(C(F)F)c(Cl)c2C)cnn1C. The van der Waals surface area contributed by atoms with Crippen LogP contribution in [-0.4, -0.2) is 37.4 Å². The molecule has 6 nitrogen and oxygen atoms in total. The standard InChI is InChI=1S/C14H18ClF2N5O/c1-8-10(5-18-21(8)4)6-20(3)11(23)7-22-9(2)12(15)13(19-22)14(16)17/h5,14H,6-7H2,1-4H3. The second kappa shape index (κ2) is 6.66. The van der Waals surface area contributed by atoms with Crippen LogP contribution in [0.15, 0.2) is 6.20 Å². The topological polar surface area (TPSA) is 56.0 Å². The Morgan fingerprint density at radius 3 is 2.52 bits per heavy atom. The number of carbonyl (C=O) groups excluding carboxylic acids is 1. The summed E-state index contributed by atoms with van der Waals surface area (Å²) in [6.07, 6.45) is -1.07. The van der Waals surface area contributed by atoms with Crippen LogP contribution in [0.2, 0.25) is 5.02 Å². The molecule has 2 aromatic heterocycles. The first-order valence-corrected chi connectivity index (χ1v) is 7.32. The van der Waals surface area contributed by atoms with Crippen molar-refractivity contribution in [2.75, 3.05) is 7.05 Å². The monoisotopic (exact) mass is 345 g/mol. The molecular weight excluding hydrogens is 328 g/mol. The van der Waals surface area contributed by atoms with Crippen LogP contribution in [0, 0.1) is 13.8 Å². The van der Waals surface area contributed by atoms with Crippen molar-refractivity contribution in [1.82, 2.24) is 24.5 Å². The number of rotatable bonds is 5. The predicted molar refractivity (Wildman–Crippen MR) is 81.4 cm³/mol. The predicted octanol–water partition coefficient (Wildman–Crippen LogP) is 2.48. The minimum Gasteiger partial charge on any atom is -0.340 e. The number of halogens is 3. The number of carbonyl (C=O) groups is 1. The van der Waals surface area contributed by atoms with Crippen LogP contribution in [-0.2, 0) is 24.9 Å². The highest BCUT2D eigenvalue weighted by atomic mass is 35.5. The van der Waals surface area contributed by atoms with Gasteiger partial charge in [-0.25, -0.2) is 8.78 Å². The van der Waals surface area contributed by atoms with Crippen molar-refractivity contribution in [2.45, 2.75) is 33.4 Å². The van der Waals surface area contributed by atoms with E-state index >= 15 is 0 Å². The van der Waals surface area contributed by atoms with Crippen molar-refractivity contribution in [3.63, 3.8) is 0 Å². The summed E-state index contributed by atoms with van der Waals surface area (Å²) in [4.78, 5) is 13.8. The van der Waals surface area contributed by atoms with E-state index in [2.05, 4.69) is 10.2 Å². The third-order valence-electron chi connectivity index (χ3n) is 3.82. The van der Waals surface area contributed by atoms with Gasteiger partial charge in [0.05, 0.1) is 16.9 Å². The number of nitrogens with zero attached hydrogens (tertiary/aromatic N) is 5. The third kappa shape index (κ3) is 3.52. The van der Waals surface area contributed by atoms with Crippen LogP contribution in [0.25, 0.3) is 0 Å². The first-order valence-electron chi connectivity index (χ1n) is 6.94. The third-order valence-corrected chi connectivity index (χ3v) is 4.29. The second-order valence-electron chi connectivity index (χ2n) is 5.37. The molecule has 0 spiro atoms. The van der Waals surface area contributed by atoms with Crippen molar-refractivity contribution in [3.8, 4) is 0 Å². The van der Waals surface area contributed by atoms with Gasteiger partial charge >= 0.3 is 0 Å². The van der Waals surface area contributed by atoms with Gasteiger partial charge in [-0.15, -0.1) is 0 Å². The molecule has 2 aromatic rings. The number of aromatic nitrogens is 4. The molecule has 0 aliphatic rings. The van der Waals surface area contributed by atoms with E-state index in [4.69, 9.17) is 11.6 Å². The van der Waals surface area contributed by atoms with E-state index in [1.165, 1.54) is 9.58 Å². The van der Waals surface area contributed by atoms with Gasteiger partial charge in [-0.3, -0.25) is 14.2 Å². The molecule has 0 aliphatic heterocycles. The van der Waals surface area contributed by atoms with E-state index in [-0.39, 0.29) is 17.5 Å².